The number of hydrogen-bond donors (Lipinski definition) is 1. The Morgan fingerprint density at radius 2 is 1.93 bits per heavy atom. The minimum atomic E-state index is -0.806. The van der Waals surface area contributed by atoms with E-state index in [1.807, 2.05) is 20.8 Å². The van der Waals surface area contributed by atoms with Gasteiger partial charge in [-0.25, -0.2) is 14.6 Å². The average Bonchev–Trinajstić information content (AvgIpc) is 2.71. The Labute approximate surface area is 174 Å². The second-order valence-corrected chi connectivity index (χ2v) is 7.30. The summed E-state index contributed by atoms with van der Waals surface area (Å²) in [4.78, 5) is 52.7. The highest BCUT2D eigenvalue weighted by molar-refractivity contribution is 5.95. The third kappa shape index (κ3) is 5.43. The number of hydrogen-bond acceptors (Lipinski definition) is 7. The molecule has 0 saturated carbocycles. The predicted octanol–water partition coefficient (Wildman–Crippen LogP) is 1.59. The zero-order valence-corrected chi connectivity index (χ0v) is 17.9. The summed E-state index contributed by atoms with van der Waals surface area (Å²) in [5, 5.41) is 2.52. The zero-order valence-electron chi connectivity index (χ0n) is 17.9. The van der Waals surface area contributed by atoms with Crippen molar-refractivity contribution in [1.82, 2.24) is 14.9 Å². The van der Waals surface area contributed by atoms with Crippen molar-refractivity contribution >= 4 is 28.9 Å². The molecule has 1 aromatic carbocycles. The number of aromatic nitrogens is 2. The van der Waals surface area contributed by atoms with E-state index in [-0.39, 0.29) is 17.0 Å². The number of fused-ring (bicyclic) bond motifs is 1. The molecule has 30 heavy (non-hydrogen) atoms. The van der Waals surface area contributed by atoms with Gasteiger partial charge in [-0.15, -0.1) is 0 Å². The quantitative estimate of drug-likeness (QED) is 0.648. The van der Waals surface area contributed by atoms with Gasteiger partial charge >= 0.3 is 11.9 Å². The Morgan fingerprint density at radius 3 is 2.53 bits per heavy atom. The van der Waals surface area contributed by atoms with Crippen molar-refractivity contribution < 1.29 is 23.9 Å². The van der Waals surface area contributed by atoms with Crippen LogP contribution in [0.3, 0.4) is 0 Å². The summed E-state index contributed by atoms with van der Waals surface area (Å²) >= 11 is 0. The molecule has 0 bridgehead atoms. The maximum absolute atomic E-state index is 12.4. The van der Waals surface area contributed by atoms with Gasteiger partial charge < -0.3 is 19.4 Å². The van der Waals surface area contributed by atoms with Gasteiger partial charge in [0.15, 0.2) is 6.61 Å². The van der Waals surface area contributed by atoms with E-state index in [0.717, 1.165) is 0 Å². The topological polar surface area (TPSA) is 117 Å². The van der Waals surface area contributed by atoms with Crippen molar-refractivity contribution in [3.8, 4) is 0 Å². The van der Waals surface area contributed by atoms with E-state index >= 15 is 0 Å². The molecule has 1 N–H and O–H groups in total. The third-order valence-corrected chi connectivity index (χ3v) is 4.52. The van der Waals surface area contributed by atoms with Gasteiger partial charge in [-0.3, -0.25) is 9.59 Å². The molecule has 1 heterocycles. The molecule has 1 atom stereocenters. The molecule has 0 saturated heterocycles. The van der Waals surface area contributed by atoms with Crippen molar-refractivity contribution in [1.29, 1.82) is 0 Å². The van der Waals surface area contributed by atoms with Crippen molar-refractivity contribution in [2.75, 3.05) is 13.7 Å². The van der Waals surface area contributed by atoms with Crippen LogP contribution in [0, 0.1) is 12.8 Å². The van der Waals surface area contributed by atoms with Gasteiger partial charge in [0.25, 0.3) is 11.5 Å². The first kappa shape index (κ1) is 23.1. The molecule has 162 valence electrons. The molecule has 0 radical (unpaired) electrons. The molecule has 2 aromatic rings. The highest BCUT2D eigenvalue weighted by atomic mass is 16.5. The van der Waals surface area contributed by atoms with Gasteiger partial charge in [0.05, 0.1) is 23.7 Å². The lowest BCUT2D eigenvalue weighted by Crippen LogP contribution is -2.44. The first-order valence-electron chi connectivity index (χ1n) is 9.73. The Kier molecular flexibility index (Phi) is 7.68. The normalized spacial score (nSPS) is 11.9. The molecule has 0 aliphatic carbocycles. The summed E-state index contributed by atoms with van der Waals surface area (Å²) in [6, 6.07) is 3.85. The lowest BCUT2D eigenvalue weighted by atomic mass is 10.0. The summed E-state index contributed by atoms with van der Waals surface area (Å²) in [6.07, 6.45) is 0.404. The fourth-order valence-electron chi connectivity index (χ4n) is 3.09. The van der Waals surface area contributed by atoms with E-state index in [1.165, 1.54) is 19.2 Å². The number of carbonyl (C=O) groups excluding carboxylic acids is 3. The van der Waals surface area contributed by atoms with Gasteiger partial charge in [0, 0.05) is 6.54 Å². The van der Waals surface area contributed by atoms with E-state index in [4.69, 9.17) is 9.47 Å². The number of aryl methyl sites for hydroxylation is 2. The number of carbonyl (C=O) groups is 3. The molecule has 0 aliphatic rings. The molecule has 1 aromatic heterocycles. The molecule has 1 unspecified atom stereocenters. The predicted molar refractivity (Wildman–Crippen MR) is 110 cm³/mol. The number of nitrogens with one attached hydrogen (secondary N) is 1. The van der Waals surface area contributed by atoms with Crippen molar-refractivity contribution in [2.24, 2.45) is 5.92 Å². The van der Waals surface area contributed by atoms with Gasteiger partial charge in [-0.2, -0.15) is 0 Å². The molecular weight excluding hydrogens is 390 g/mol. The summed E-state index contributed by atoms with van der Waals surface area (Å²) in [5.41, 5.74) is 1.44. The van der Waals surface area contributed by atoms with E-state index in [0.29, 0.717) is 29.7 Å². The molecule has 2 rings (SSSR count). The summed E-state index contributed by atoms with van der Waals surface area (Å²) in [5.74, 6) is -1.71. The number of amides is 1. The van der Waals surface area contributed by atoms with Gasteiger partial charge in [-0.05, 0) is 44.4 Å². The number of ether oxygens (including phenoxy) is 2. The summed E-state index contributed by atoms with van der Waals surface area (Å²) in [7, 11) is 1.25. The second kappa shape index (κ2) is 10.00. The van der Waals surface area contributed by atoms with Gasteiger partial charge in [0.1, 0.15) is 11.7 Å². The fraction of sp³-hybridized carbons (Fsp3) is 0.476. The van der Waals surface area contributed by atoms with Crippen LogP contribution in [0.2, 0.25) is 0 Å². The largest absolute Gasteiger partial charge is 0.467 e. The first-order valence-corrected chi connectivity index (χ1v) is 9.73. The minimum Gasteiger partial charge on any atom is -0.467 e. The number of benzene rings is 1. The number of esters is 2. The van der Waals surface area contributed by atoms with Crippen LogP contribution < -0.4 is 10.9 Å². The maximum Gasteiger partial charge on any atom is 0.338 e. The van der Waals surface area contributed by atoms with Crippen LogP contribution in [0.4, 0.5) is 0 Å². The maximum atomic E-state index is 12.4. The summed E-state index contributed by atoms with van der Waals surface area (Å²) < 4.78 is 11.3. The zero-order chi connectivity index (χ0) is 22.4. The van der Waals surface area contributed by atoms with Crippen LogP contribution in [-0.4, -0.2) is 47.2 Å². The lowest BCUT2D eigenvalue weighted by molar-refractivity contribution is -0.145. The molecule has 0 spiro atoms. The van der Waals surface area contributed by atoms with E-state index in [9.17, 15) is 19.2 Å². The van der Waals surface area contributed by atoms with Gasteiger partial charge in [-0.1, -0.05) is 13.8 Å². The second-order valence-electron chi connectivity index (χ2n) is 7.30. The van der Waals surface area contributed by atoms with Crippen molar-refractivity contribution in [3.05, 3.63) is 39.8 Å². The molecule has 9 nitrogen and oxygen atoms in total. The number of rotatable bonds is 8. The number of nitrogens with zero attached hydrogens (tertiary/aromatic N) is 2. The summed E-state index contributed by atoms with van der Waals surface area (Å²) in [6.45, 7) is 7.22. The number of methoxy groups -OCH3 is 1. The van der Waals surface area contributed by atoms with E-state index < -0.39 is 30.5 Å². The van der Waals surface area contributed by atoms with Crippen LogP contribution in [-0.2, 0) is 25.6 Å². The Morgan fingerprint density at radius 1 is 1.23 bits per heavy atom. The molecular formula is C21H27N3O6. The van der Waals surface area contributed by atoms with Crippen molar-refractivity contribution in [2.45, 2.75) is 46.7 Å². The molecule has 0 aliphatic heterocycles. The SMILES string of the molecule is CCn1c(=O)c(C)nc2cc(C(=O)OCC(=O)NC(CC(C)C)C(=O)OC)ccc21. The first-order chi connectivity index (χ1) is 14.2. The molecule has 9 heteroatoms. The van der Waals surface area contributed by atoms with Crippen molar-refractivity contribution in [3.63, 3.8) is 0 Å². The molecule has 0 fully saturated rings. The fourth-order valence-corrected chi connectivity index (χ4v) is 3.09. The Balaban J connectivity index is 2.09. The van der Waals surface area contributed by atoms with Crippen LogP contribution in [0.5, 0.6) is 0 Å². The highest BCUT2D eigenvalue weighted by Gasteiger charge is 2.23. The monoisotopic (exact) mass is 417 g/mol. The Hall–Kier alpha value is -3.23. The Bertz CT molecular complexity index is 1010. The van der Waals surface area contributed by atoms with Crippen LogP contribution in [0.15, 0.2) is 23.0 Å². The third-order valence-electron chi connectivity index (χ3n) is 4.52. The minimum absolute atomic E-state index is 0.158. The van der Waals surface area contributed by atoms with Crippen LogP contribution in [0.1, 0.15) is 43.2 Å². The van der Waals surface area contributed by atoms with Crippen LogP contribution in [0.25, 0.3) is 11.0 Å². The van der Waals surface area contributed by atoms with Crippen LogP contribution >= 0.6 is 0 Å². The van der Waals surface area contributed by atoms with Gasteiger partial charge in [0.2, 0.25) is 0 Å². The standard InChI is InChI=1S/C21H27N3O6/c1-6-24-17-8-7-14(10-15(17)22-13(4)19(24)26)20(27)30-11-18(25)23-16(9-12(2)3)21(28)29-5/h7-8,10,12,16H,6,9,11H2,1-5H3,(H,23,25). The van der Waals surface area contributed by atoms with E-state index in [1.54, 1.807) is 17.6 Å². The molecule has 1 amide bonds. The highest BCUT2D eigenvalue weighted by Crippen LogP contribution is 2.14. The average molecular weight is 417 g/mol. The lowest BCUT2D eigenvalue weighted by Gasteiger charge is -2.18. The smallest absolute Gasteiger partial charge is 0.338 e. The van der Waals surface area contributed by atoms with E-state index in [2.05, 4.69) is 10.3 Å².